The van der Waals surface area contributed by atoms with Crippen LogP contribution in [-0.4, -0.2) is 190 Å². The van der Waals surface area contributed by atoms with E-state index in [2.05, 4.69) is 6.92 Å². The Morgan fingerprint density at radius 3 is 1.26 bits per heavy atom. The van der Waals surface area contributed by atoms with Crippen LogP contribution in [-0.2, 0) is 121 Å². The van der Waals surface area contributed by atoms with E-state index in [4.69, 9.17) is 102 Å². The van der Waals surface area contributed by atoms with Crippen molar-refractivity contribution < 1.29 is 114 Å². The molecule has 9 aromatic carbocycles. The average molecular weight is 1800 g/mol. The number of ether oxygens (including phenoxy) is 19. The van der Waals surface area contributed by atoms with Crippen molar-refractivity contribution in [1.82, 2.24) is 4.90 Å². The number of benzene rings is 9. The highest BCUT2D eigenvalue weighted by Crippen LogP contribution is 2.46. The summed E-state index contributed by atoms with van der Waals surface area (Å²) < 4.78 is 136. The molecule has 0 spiro atoms. The van der Waals surface area contributed by atoms with Crippen molar-refractivity contribution >= 4 is 41.3 Å². The third-order valence-electron chi connectivity index (χ3n) is 24.5. The topological polar surface area (TPSA) is 264 Å². The van der Waals surface area contributed by atoms with Crippen LogP contribution in [0.15, 0.2) is 267 Å². The van der Waals surface area contributed by atoms with Crippen LogP contribution in [0.5, 0.6) is 0 Å². The largest absolute Gasteiger partial charge is 0.454 e. The van der Waals surface area contributed by atoms with Gasteiger partial charge in [-0.2, -0.15) is 0 Å². The lowest BCUT2D eigenvalue weighted by Crippen LogP contribution is -2.72. The fraction of sp³-hybridized carbons (Fsp3) is 0.433. The second-order valence-electron chi connectivity index (χ2n) is 33.6. The van der Waals surface area contributed by atoms with Crippen LogP contribution in [0.3, 0.4) is 0 Å². The SMILES string of the molecule is CCCCCCCCCCCCCCO[C@@H]1O[C@@H]2COC(c3ccccc3)O[C@@H]2[C@H](O[C@@H]2O[C@H](COCc3ccccc3)[C@@H](O[C@@H]3O[C@@H]4COC(c5ccccc5)O[C@@H]4[C@H](OC(=O)CCl)[C@H]3OC(=O)c3ccccc3)[C@H](O[C@@H]3O[C@@H](C)[C@@H](OCc4ccccc4)[C@@H](OCc4ccccc4)[C@@H]3OCc3ccccc3)[C@H]2N2C(=O)c3ccccc3C2=O)[C@H]1OC(=O)c1ccccc1. The highest BCUT2D eigenvalue weighted by Gasteiger charge is 2.64. The Balaban J connectivity index is 0.867. The summed E-state index contributed by atoms with van der Waals surface area (Å²) in [6.07, 6.45) is -16.8. The second kappa shape index (κ2) is 47.0. The van der Waals surface area contributed by atoms with E-state index in [-0.39, 0.29) is 68.5 Å². The molecule has 0 radical (unpaired) electrons. The minimum Gasteiger partial charge on any atom is -0.454 e. The summed E-state index contributed by atoms with van der Waals surface area (Å²) in [6.45, 7) is 3.46. The molecule has 9 aromatic rings. The van der Waals surface area contributed by atoms with Gasteiger partial charge in [-0.15, -0.1) is 11.6 Å². The zero-order valence-corrected chi connectivity index (χ0v) is 73.8. The molecule has 6 fully saturated rings. The van der Waals surface area contributed by atoms with E-state index in [0.717, 1.165) is 52.8 Å². The van der Waals surface area contributed by atoms with E-state index in [1.165, 1.54) is 44.9 Å². The van der Waals surface area contributed by atoms with Crippen molar-refractivity contribution in [2.45, 2.75) is 253 Å². The Labute approximate surface area is 763 Å². The van der Waals surface area contributed by atoms with Crippen LogP contribution in [0.1, 0.15) is 178 Å². The van der Waals surface area contributed by atoms with E-state index in [1.54, 1.807) is 84.9 Å². The van der Waals surface area contributed by atoms with E-state index in [9.17, 15) is 4.79 Å². The number of imide groups is 1. The summed E-state index contributed by atoms with van der Waals surface area (Å²) in [4.78, 5) is 79.1. The maximum atomic E-state index is 16.5. The number of fused-ring (bicyclic) bond motifs is 3. The van der Waals surface area contributed by atoms with Gasteiger partial charge >= 0.3 is 17.9 Å². The molecular formula is C104H114ClNO24. The molecule has 130 heavy (non-hydrogen) atoms. The number of unbranched alkanes of at least 4 members (excludes halogenated alkanes) is 11. The third kappa shape index (κ3) is 23.8. The number of carbonyl (C=O) groups is 5. The fourth-order valence-corrected chi connectivity index (χ4v) is 17.9. The number of rotatable bonds is 42. The molecule has 2 unspecified atom stereocenters. The Bertz CT molecular complexity index is 4950. The van der Waals surface area contributed by atoms with E-state index in [1.807, 2.05) is 189 Å². The molecule has 7 heterocycles. The number of hydrogen-bond acceptors (Lipinski definition) is 24. The van der Waals surface area contributed by atoms with Gasteiger partial charge in [-0.05, 0) is 72.0 Å². The molecule has 686 valence electrons. The molecule has 25 nitrogen and oxygen atoms in total. The molecule has 0 bridgehead atoms. The maximum absolute atomic E-state index is 16.5. The number of amides is 2. The molecule has 22 atom stereocenters. The predicted molar refractivity (Wildman–Crippen MR) is 476 cm³/mol. The van der Waals surface area contributed by atoms with Gasteiger partial charge < -0.3 is 90.0 Å². The van der Waals surface area contributed by atoms with Crippen molar-refractivity contribution in [3.8, 4) is 0 Å². The number of carbonyl (C=O) groups excluding carboxylic acids is 5. The van der Waals surface area contributed by atoms with Gasteiger partial charge in [0.05, 0.1) is 74.6 Å². The first-order valence-corrected chi connectivity index (χ1v) is 46.1. The van der Waals surface area contributed by atoms with Crippen molar-refractivity contribution in [2.75, 3.05) is 32.3 Å². The molecule has 7 aliphatic heterocycles. The lowest BCUT2D eigenvalue weighted by Gasteiger charge is -2.54. The molecule has 2 amide bonds. The summed E-state index contributed by atoms with van der Waals surface area (Å²) in [5.74, 6) is -4.92. The van der Waals surface area contributed by atoms with Crippen LogP contribution in [0.4, 0.5) is 0 Å². The first-order valence-electron chi connectivity index (χ1n) is 45.6. The first kappa shape index (κ1) is 93.4. The van der Waals surface area contributed by atoms with Gasteiger partial charge in [-0.25, -0.2) is 9.59 Å². The maximum Gasteiger partial charge on any atom is 0.338 e. The molecule has 7 aliphatic rings. The highest BCUT2D eigenvalue weighted by atomic mass is 35.5. The smallest absolute Gasteiger partial charge is 0.338 e. The van der Waals surface area contributed by atoms with Crippen LogP contribution < -0.4 is 0 Å². The Hall–Kier alpha value is -9.82. The quantitative estimate of drug-likeness (QED) is 0.0113. The van der Waals surface area contributed by atoms with Gasteiger partial charge in [0.15, 0.2) is 56.1 Å². The number of halogens is 1. The summed E-state index contributed by atoms with van der Waals surface area (Å²) in [7, 11) is 0. The fourth-order valence-electron chi connectivity index (χ4n) is 17.8. The van der Waals surface area contributed by atoms with Gasteiger partial charge in [0.25, 0.3) is 11.8 Å². The number of hydrogen-bond donors (Lipinski definition) is 0. The van der Waals surface area contributed by atoms with Crippen molar-refractivity contribution in [2.24, 2.45) is 0 Å². The minimum atomic E-state index is -1.97. The first-order chi connectivity index (χ1) is 63.9. The van der Waals surface area contributed by atoms with Crippen molar-refractivity contribution in [1.29, 1.82) is 0 Å². The molecule has 6 saturated heterocycles. The summed E-state index contributed by atoms with van der Waals surface area (Å²) >= 11 is 6.44. The van der Waals surface area contributed by atoms with Crippen molar-refractivity contribution in [3.05, 3.63) is 323 Å². The summed E-state index contributed by atoms with van der Waals surface area (Å²) in [5.41, 5.74) is 4.67. The minimum absolute atomic E-state index is 0.00492. The van der Waals surface area contributed by atoms with Crippen LogP contribution in [0, 0.1) is 0 Å². The third-order valence-corrected chi connectivity index (χ3v) is 24.7. The zero-order valence-electron chi connectivity index (χ0n) is 73.1. The number of esters is 3. The summed E-state index contributed by atoms with van der Waals surface area (Å²) in [6, 6.07) is 77.6. The molecule has 0 aromatic heterocycles. The average Bonchev–Trinajstić information content (AvgIpc) is 1.59. The van der Waals surface area contributed by atoms with Gasteiger partial charge in [0.1, 0.15) is 79.1 Å². The van der Waals surface area contributed by atoms with Crippen molar-refractivity contribution in [3.63, 3.8) is 0 Å². The van der Waals surface area contributed by atoms with E-state index in [0.29, 0.717) is 17.5 Å². The lowest BCUT2D eigenvalue weighted by molar-refractivity contribution is -0.409. The summed E-state index contributed by atoms with van der Waals surface area (Å²) in [5, 5.41) is 0. The van der Waals surface area contributed by atoms with Gasteiger partial charge in [0.2, 0.25) is 0 Å². The number of alkyl halides is 1. The van der Waals surface area contributed by atoms with Crippen LogP contribution in [0.25, 0.3) is 0 Å². The number of nitrogens with zero attached hydrogens (tertiary/aromatic N) is 1. The molecule has 0 saturated carbocycles. The Kier molecular flexibility index (Phi) is 33.8. The van der Waals surface area contributed by atoms with Gasteiger partial charge in [-0.1, -0.05) is 308 Å². The lowest BCUT2D eigenvalue weighted by atomic mass is 9.92. The molecule has 26 heteroatoms. The standard InChI is InChI=1S/C104H114ClNO24/c1-3-4-5-6-7-8-9-10-11-12-13-40-59-113-102-93(124-97(110)73-49-30-18-31-50-73)91(87-80(121-102)66-117-100(127-87)76-55-36-21-37-56-76)130-101-83(106-95(108)77-57-38-39-58-78(77)96(106)109)88(129-103-92(116-64-72-47-28-17-29-48-72)89(115-63-71-45-26-16-27-46-71)84(68(2)119-103)114-62-70-43-24-15-25-44-70)85(79(120-101)65-112-61-69-41-22-14-23-42-69)128-104-94(125-98(111)74-51-32-19-33-52-74)90(123-82(107)60-105)86-81(122-104)67-118-99(126-86)75-53-34-20-35-54-75/h14-39,41-58,68,79-81,83-94,99-104H,3-13,40,59-67H2,1-2H3/t68-,79+,80+,81+,83+,84+,85+,86-,87-,88+,89+,90-,91-,92-,93+,94+,99?,100?,101-,102+,103-,104-/m0/s1. The Morgan fingerprint density at radius 1 is 0.369 bits per heavy atom. The van der Waals surface area contributed by atoms with Gasteiger partial charge in [-0.3, -0.25) is 19.3 Å². The van der Waals surface area contributed by atoms with E-state index < -0.39 is 178 Å². The van der Waals surface area contributed by atoms with E-state index >= 15 is 19.2 Å². The molecular weight excluding hydrogens is 1680 g/mol. The van der Waals surface area contributed by atoms with Crippen LogP contribution >= 0.6 is 11.6 Å². The zero-order chi connectivity index (χ0) is 89.3. The van der Waals surface area contributed by atoms with Crippen LogP contribution in [0.2, 0.25) is 0 Å². The predicted octanol–water partition coefficient (Wildman–Crippen LogP) is 17.2. The molecule has 16 rings (SSSR count). The Morgan fingerprint density at radius 2 is 0.769 bits per heavy atom. The van der Waals surface area contributed by atoms with Gasteiger partial charge in [0, 0.05) is 17.7 Å². The normalized spacial score (nSPS) is 28.3. The highest BCUT2D eigenvalue weighted by molar-refractivity contribution is 6.26. The monoisotopic (exact) mass is 1800 g/mol. The molecule has 0 N–H and O–H groups in total. The molecule has 0 aliphatic carbocycles. The second-order valence-corrected chi connectivity index (χ2v) is 33.9.